The molecule has 0 spiro atoms. The molecular weight excluding hydrogens is 503 g/mol. The van der Waals surface area contributed by atoms with Crippen molar-refractivity contribution in [2.75, 3.05) is 20.3 Å². The normalized spacial score (nSPS) is 13.0. The van der Waals surface area contributed by atoms with Crippen molar-refractivity contribution in [3.05, 3.63) is 45.3 Å². The fourth-order valence-electron chi connectivity index (χ4n) is 3.46. The number of esters is 1. The largest absolute Gasteiger partial charge is 0.495 e. The number of methoxy groups -OCH3 is 1. The van der Waals surface area contributed by atoms with Gasteiger partial charge in [0.25, 0.3) is 5.56 Å². The zero-order chi connectivity index (χ0) is 27.3. The average molecular weight is 534 g/mol. The van der Waals surface area contributed by atoms with Gasteiger partial charge in [0.05, 0.1) is 19.1 Å². The second-order valence-corrected chi connectivity index (χ2v) is 9.75. The Morgan fingerprint density at radius 2 is 1.81 bits per heavy atom. The number of aromatic nitrogens is 1. The number of ether oxygens (including phenoxy) is 4. The molecule has 1 aromatic carbocycles. The van der Waals surface area contributed by atoms with Gasteiger partial charge in [0, 0.05) is 34.5 Å². The van der Waals surface area contributed by atoms with Gasteiger partial charge in [-0.15, -0.1) is 0 Å². The molecule has 1 aromatic heterocycles. The maximum Gasteiger partial charge on any atom is 0.422 e. The topological polar surface area (TPSA) is 86.9 Å². The van der Waals surface area contributed by atoms with E-state index in [0.717, 1.165) is 0 Å². The molecule has 2 rings (SSSR count). The quantitative estimate of drug-likeness (QED) is 0.383. The molecule has 1 N–H and O–H groups in total. The van der Waals surface area contributed by atoms with Crippen molar-refractivity contribution in [2.24, 2.45) is 0 Å². The predicted molar refractivity (Wildman–Crippen MR) is 130 cm³/mol. The van der Waals surface area contributed by atoms with Crippen LogP contribution in [0.4, 0.5) is 13.2 Å². The third-order valence-corrected chi connectivity index (χ3v) is 5.05. The number of benzene rings is 1. The molecule has 0 aliphatic carbocycles. The third-order valence-electron chi connectivity index (χ3n) is 4.81. The van der Waals surface area contributed by atoms with Gasteiger partial charge < -0.3 is 23.9 Å². The second kappa shape index (κ2) is 12.0. The number of alkyl halides is 3. The summed E-state index contributed by atoms with van der Waals surface area (Å²) in [5, 5.41) is 0.176. The minimum absolute atomic E-state index is 0.0584. The molecule has 11 heteroatoms. The molecule has 0 fully saturated rings. The van der Waals surface area contributed by atoms with Crippen LogP contribution >= 0.6 is 11.6 Å². The van der Waals surface area contributed by atoms with Gasteiger partial charge in [-0.05, 0) is 59.2 Å². The summed E-state index contributed by atoms with van der Waals surface area (Å²) < 4.78 is 60.5. The van der Waals surface area contributed by atoms with Crippen molar-refractivity contribution in [3.8, 4) is 22.6 Å². The lowest BCUT2D eigenvalue weighted by atomic mass is 9.88. The lowest BCUT2D eigenvalue weighted by molar-refractivity contribution is -0.157. The average Bonchev–Trinajstić information content (AvgIpc) is 2.74. The van der Waals surface area contributed by atoms with Crippen molar-refractivity contribution < 1.29 is 36.9 Å². The summed E-state index contributed by atoms with van der Waals surface area (Å²) in [6.07, 6.45) is -3.42. The molecule has 0 saturated heterocycles. The van der Waals surface area contributed by atoms with Crippen LogP contribution in [-0.2, 0) is 14.3 Å². The summed E-state index contributed by atoms with van der Waals surface area (Å²) in [6.45, 7) is 7.24. The molecule has 1 unspecified atom stereocenters. The molecule has 2 aromatic rings. The van der Waals surface area contributed by atoms with E-state index < -0.39 is 35.8 Å². The van der Waals surface area contributed by atoms with Crippen LogP contribution in [0.2, 0.25) is 5.02 Å². The first kappa shape index (κ1) is 29.5. The number of hydrogen-bond donors (Lipinski definition) is 1. The van der Waals surface area contributed by atoms with Crippen molar-refractivity contribution in [2.45, 2.75) is 64.8 Å². The molecule has 7 nitrogen and oxygen atoms in total. The lowest BCUT2D eigenvalue weighted by Crippen LogP contribution is -2.32. The van der Waals surface area contributed by atoms with E-state index in [2.05, 4.69) is 4.98 Å². The highest BCUT2D eigenvalue weighted by Crippen LogP contribution is 2.42. The van der Waals surface area contributed by atoms with E-state index in [1.165, 1.54) is 31.5 Å². The van der Waals surface area contributed by atoms with E-state index in [-0.39, 0.29) is 52.3 Å². The minimum atomic E-state index is -4.61. The van der Waals surface area contributed by atoms with Gasteiger partial charge in [-0.3, -0.25) is 9.59 Å². The molecular formula is C25H31ClF3NO6. The number of pyridine rings is 1. The number of nitrogens with one attached hydrogen (secondary N) is 1. The van der Waals surface area contributed by atoms with Crippen LogP contribution in [0.25, 0.3) is 11.1 Å². The number of H-pyrrole nitrogens is 1. The minimum Gasteiger partial charge on any atom is -0.495 e. The molecule has 0 bridgehead atoms. The fourth-order valence-corrected chi connectivity index (χ4v) is 3.63. The predicted octanol–water partition coefficient (Wildman–Crippen LogP) is 5.89. The maximum atomic E-state index is 13.3. The van der Waals surface area contributed by atoms with E-state index in [4.69, 9.17) is 30.5 Å². The van der Waals surface area contributed by atoms with Gasteiger partial charge in [0.1, 0.15) is 17.1 Å². The molecule has 0 saturated carbocycles. The molecule has 0 aliphatic rings. The second-order valence-electron chi connectivity index (χ2n) is 9.31. The van der Waals surface area contributed by atoms with E-state index in [1.807, 2.05) is 13.8 Å². The molecule has 0 radical (unpaired) electrons. The molecule has 1 heterocycles. The van der Waals surface area contributed by atoms with Gasteiger partial charge in [-0.1, -0.05) is 11.6 Å². The number of carbonyl (C=O) groups excluding carboxylic acids is 1. The summed E-state index contributed by atoms with van der Waals surface area (Å²) >= 11 is 6.18. The summed E-state index contributed by atoms with van der Waals surface area (Å²) in [4.78, 5) is 29.0. The molecule has 36 heavy (non-hydrogen) atoms. The van der Waals surface area contributed by atoms with Crippen molar-refractivity contribution >= 4 is 17.6 Å². The van der Waals surface area contributed by atoms with Gasteiger partial charge in [0.2, 0.25) is 0 Å². The van der Waals surface area contributed by atoms with Crippen molar-refractivity contribution in [3.63, 3.8) is 0 Å². The Morgan fingerprint density at radius 1 is 1.14 bits per heavy atom. The Labute approximate surface area is 212 Å². The summed E-state index contributed by atoms with van der Waals surface area (Å²) in [5.74, 6) is -1.92. The summed E-state index contributed by atoms with van der Waals surface area (Å²) in [7, 11) is 1.33. The number of halogens is 4. The fraction of sp³-hybridized carbons (Fsp3) is 0.520. The SMILES string of the molecule is COc1c[nH]c(=O)c(C(CCOC(C)C)C(=O)OC(C)(C)C)c1-c1cc(Cl)ccc1OCC(F)(F)F. The van der Waals surface area contributed by atoms with Crippen LogP contribution in [0.15, 0.2) is 29.2 Å². The highest BCUT2D eigenvalue weighted by atomic mass is 35.5. The smallest absolute Gasteiger partial charge is 0.422 e. The molecule has 0 amide bonds. The molecule has 0 aliphatic heterocycles. The first-order valence-electron chi connectivity index (χ1n) is 11.3. The maximum absolute atomic E-state index is 13.3. The summed E-state index contributed by atoms with van der Waals surface area (Å²) in [6, 6.07) is 3.97. The number of hydrogen-bond acceptors (Lipinski definition) is 6. The zero-order valence-corrected chi connectivity index (χ0v) is 21.8. The first-order chi connectivity index (χ1) is 16.6. The Kier molecular flexibility index (Phi) is 9.85. The Bertz CT molecular complexity index is 1110. The van der Waals surface area contributed by atoms with Crippen LogP contribution in [-0.4, -0.2) is 49.2 Å². The number of rotatable bonds is 10. The molecule has 200 valence electrons. The zero-order valence-electron chi connectivity index (χ0n) is 21.0. The third kappa shape index (κ3) is 8.44. The monoisotopic (exact) mass is 533 g/mol. The Morgan fingerprint density at radius 3 is 2.36 bits per heavy atom. The van der Waals surface area contributed by atoms with Crippen LogP contribution in [0.1, 0.15) is 52.5 Å². The van der Waals surface area contributed by atoms with Gasteiger partial charge in [-0.2, -0.15) is 13.2 Å². The number of carbonyl (C=O) groups is 1. The highest BCUT2D eigenvalue weighted by molar-refractivity contribution is 6.31. The van der Waals surface area contributed by atoms with Gasteiger partial charge >= 0.3 is 12.1 Å². The van der Waals surface area contributed by atoms with E-state index in [0.29, 0.717) is 0 Å². The molecule has 1 atom stereocenters. The van der Waals surface area contributed by atoms with Gasteiger partial charge in [-0.25, -0.2) is 0 Å². The van der Waals surface area contributed by atoms with E-state index in [9.17, 15) is 22.8 Å². The first-order valence-corrected chi connectivity index (χ1v) is 11.6. The van der Waals surface area contributed by atoms with E-state index >= 15 is 0 Å². The lowest BCUT2D eigenvalue weighted by Gasteiger charge is -2.26. The summed E-state index contributed by atoms with van der Waals surface area (Å²) in [5.41, 5.74) is -1.44. The number of aromatic amines is 1. The van der Waals surface area contributed by atoms with Crippen molar-refractivity contribution in [1.82, 2.24) is 4.98 Å². The van der Waals surface area contributed by atoms with Gasteiger partial charge in [0.15, 0.2) is 6.61 Å². The standard InChI is InChI=1S/C25H31ClF3NO6/c1-14(2)34-10-9-16(23(32)36-24(3,4)5)21-20(19(33-6)12-30-22(21)31)17-11-15(26)7-8-18(17)35-13-25(27,28)29/h7-8,11-12,14,16H,9-10,13H2,1-6H3,(H,30,31). The van der Waals surface area contributed by atoms with Crippen LogP contribution in [0.5, 0.6) is 11.5 Å². The van der Waals surface area contributed by atoms with Crippen molar-refractivity contribution in [1.29, 1.82) is 0 Å². The van der Waals surface area contributed by atoms with Crippen LogP contribution in [0, 0.1) is 0 Å². The highest BCUT2D eigenvalue weighted by Gasteiger charge is 2.34. The Hall–Kier alpha value is -2.72. The van der Waals surface area contributed by atoms with Crippen LogP contribution in [0.3, 0.4) is 0 Å². The van der Waals surface area contributed by atoms with E-state index in [1.54, 1.807) is 20.8 Å². The Balaban J connectivity index is 2.77. The van der Waals surface area contributed by atoms with Crippen LogP contribution < -0.4 is 15.0 Å².